The van der Waals surface area contributed by atoms with Gasteiger partial charge in [0.05, 0.1) is 11.3 Å². The molecule has 1 aliphatic rings. The molecule has 0 atom stereocenters. The van der Waals surface area contributed by atoms with Crippen LogP contribution in [0.5, 0.6) is 5.75 Å². The van der Waals surface area contributed by atoms with E-state index in [9.17, 15) is 0 Å². The van der Waals surface area contributed by atoms with E-state index < -0.39 is 0 Å². The zero-order chi connectivity index (χ0) is 11.8. The first-order chi connectivity index (χ1) is 8.31. The number of para-hydroxylation sites is 1. The molecule has 0 fully saturated rings. The van der Waals surface area contributed by atoms with Gasteiger partial charge in [0, 0.05) is 5.69 Å². The predicted octanol–water partition coefficient (Wildman–Crippen LogP) is 3.16. The van der Waals surface area contributed by atoms with E-state index >= 15 is 0 Å². The van der Waals surface area contributed by atoms with Crippen molar-refractivity contribution in [3.05, 3.63) is 35.7 Å². The number of benzene rings is 1. The molecule has 0 N–H and O–H groups in total. The molecule has 3 heteroatoms. The largest absolute Gasteiger partial charge is 0.472 e. The van der Waals surface area contributed by atoms with Crippen molar-refractivity contribution < 1.29 is 4.74 Å². The Kier molecular flexibility index (Phi) is 2.39. The quantitative estimate of drug-likeness (QED) is 0.789. The number of aryl methyl sites for hydroxylation is 1. The van der Waals surface area contributed by atoms with Crippen LogP contribution in [0.1, 0.15) is 24.7 Å². The van der Waals surface area contributed by atoms with Crippen molar-refractivity contribution in [1.82, 2.24) is 9.55 Å². The summed E-state index contributed by atoms with van der Waals surface area (Å²) in [5.74, 6) is 1.99. The highest BCUT2D eigenvalue weighted by Crippen LogP contribution is 2.34. The molecule has 17 heavy (non-hydrogen) atoms. The van der Waals surface area contributed by atoms with Crippen molar-refractivity contribution in [3.8, 4) is 17.1 Å². The van der Waals surface area contributed by atoms with Crippen molar-refractivity contribution in [1.29, 1.82) is 0 Å². The van der Waals surface area contributed by atoms with E-state index in [0.29, 0.717) is 6.73 Å². The molecule has 0 unspecified atom stereocenters. The Labute approximate surface area is 101 Å². The van der Waals surface area contributed by atoms with Crippen molar-refractivity contribution >= 4 is 0 Å². The van der Waals surface area contributed by atoms with Gasteiger partial charge in [0.1, 0.15) is 11.6 Å². The molecule has 3 rings (SSSR count). The van der Waals surface area contributed by atoms with Crippen LogP contribution in [0, 0.1) is 6.92 Å². The molecule has 2 heterocycles. The van der Waals surface area contributed by atoms with Gasteiger partial charge >= 0.3 is 0 Å². The van der Waals surface area contributed by atoms with E-state index in [1.165, 1.54) is 5.69 Å². The molecule has 88 valence electrons. The standard InChI is InChI=1S/C14H16N2O/c1-3-6-12-10(2)15-14-11-7-4-5-8-13(11)17-9-16(12)14/h4-5,7-8H,3,6,9H2,1-2H3. The predicted molar refractivity (Wildman–Crippen MR) is 67.0 cm³/mol. The first-order valence-electron chi connectivity index (χ1n) is 6.09. The van der Waals surface area contributed by atoms with Gasteiger partial charge in [-0.25, -0.2) is 4.98 Å². The molecule has 0 saturated heterocycles. The van der Waals surface area contributed by atoms with Crippen LogP contribution >= 0.6 is 0 Å². The number of rotatable bonds is 2. The highest BCUT2D eigenvalue weighted by Gasteiger charge is 2.22. The smallest absolute Gasteiger partial charge is 0.166 e. The van der Waals surface area contributed by atoms with E-state index in [0.717, 1.165) is 35.7 Å². The third-order valence-corrected chi connectivity index (χ3v) is 3.24. The third-order valence-electron chi connectivity index (χ3n) is 3.24. The van der Waals surface area contributed by atoms with Gasteiger partial charge in [0.15, 0.2) is 6.73 Å². The Morgan fingerprint density at radius 2 is 2.18 bits per heavy atom. The topological polar surface area (TPSA) is 27.1 Å². The minimum atomic E-state index is 0.586. The van der Waals surface area contributed by atoms with E-state index in [1.807, 2.05) is 18.2 Å². The second-order valence-electron chi connectivity index (χ2n) is 4.42. The molecule has 0 bridgehead atoms. The summed E-state index contributed by atoms with van der Waals surface area (Å²) >= 11 is 0. The van der Waals surface area contributed by atoms with Crippen LogP contribution in [-0.4, -0.2) is 9.55 Å². The minimum Gasteiger partial charge on any atom is -0.472 e. The summed E-state index contributed by atoms with van der Waals surface area (Å²) in [6.07, 6.45) is 2.19. The summed E-state index contributed by atoms with van der Waals surface area (Å²) in [5, 5.41) is 0. The fourth-order valence-electron chi connectivity index (χ4n) is 2.42. The molecule has 0 aliphatic carbocycles. The van der Waals surface area contributed by atoms with Crippen LogP contribution in [0.4, 0.5) is 0 Å². The minimum absolute atomic E-state index is 0.586. The van der Waals surface area contributed by atoms with E-state index in [1.54, 1.807) is 0 Å². The summed E-state index contributed by atoms with van der Waals surface area (Å²) in [6.45, 7) is 4.86. The Balaban J connectivity index is 2.17. The Hall–Kier alpha value is -1.77. The average Bonchev–Trinajstić information content (AvgIpc) is 2.67. The Morgan fingerprint density at radius 1 is 1.35 bits per heavy atom. The number of ether oxygens (including phenoxy) is 1. The molecular weight excluding hydrogens is 212 g/mol. The molecule has 2 aromatic rings. The van der Waals surface area contributed by atoms with Gasteiger partial charge < -0.3 is 4.74 Å². The zero-order valence-corrected chi connectivity index (χ0v) is 10.2. The van der Waals surface area contributed by atoms with E-state index in [2.05, 4.69) is 24.5 Å². The molecule has 1 aliphatic heterocycles. The van der Waals surface area contributed by atoms with Crippen molar-refractivity contribution in [2.75, 3.05) is 0 Å². The number of hydrogen-bond acceptors (Lipinski definition) is 2. The number of imidazole rings is 1. The van der Waals surface area contributed by atoms with Crippen LogP contribution in [0.3, 0.4) is 0 Å². The first kappa shape index (κ1) is 10.4. The lowest BCUT2D eigenvalue weighted by atomic mass is 10.1. The maximum absolute atomic E-state index is 5.77. The Morgan fingerprint density at radius 3 is 3.00 bits per heavy atom. The van der Waals surface area contributed by atoms with Crippen LogP contribution in [0.15, 0.2) is 24.3 Å². The molecule has 1 aromatic carbocycles. The summed E-state index contributed by atoms with van der Waals surface area (Å²) in [4.78, 5) is 4.69. The van der Waals surface area contributed by atoms with Gasteiger partial charge in [-0.05, 0) is 25.5 Å². The van der Waals surface area contributed by atoms with Crippen molar-refractivity contribution in [2.24, 2.45) is 0 Å². The fourth-order valence-corrected chi connectivity index (χ4v) is 2.42. The maximum Gasteiger partial charge on any atom is 0.166 e. The highest BCUT2D eigenvalue weighted by atomic mass is 16.5. The van der Waals surface area contributed by atoms with E-state index in [4.69, 9.17) is 9.72 Å². The average molecular weight is 228 g/mol. The number of aromatic nitrogens is 2. The monoisotopic (exact) mass is 228 g/mol. The van der Waals surface area contributed by atoms with Crippen molar-refractivity contribution in [2.45, 2.75) is 33.4 Å². The number of nitrogens with zero attached hydrogens (tertiary/aromatic N) is 2. The SMILES string of the molecule is CCCc1c(C)nc2n1COc1ccccc1-2. The maximum atomic E-state index is 5.77. The lowest BCUT2D eigenvalue weighted by molar-refractivity contribution is 0.226. The van der Waals surface area contributed by atoms with Crippen molar-refractivity contribution in [3.63, 3.8) is 0 Å². The lowest BCUT2D eigenvalue weighted by Gasteiger charge is -2.20. The summed E-state index contributed by atoms with van der Waals surface area (Å²) in [7, 11) is 0. The van der Waals surface area contributed by atoms with Crippen LogP contribution in [0.25, 0.3) is 11.4 Å². The first-order valence-corrected chi connectivity index (χ1v) is 6.09. The molecule has 1 aromatic heterocycles. The fraction of sp³-hybridized carbons (Fsp3) is 0.357. The molecule has 0 spiro atoms. The molecule has 0 saturated carbocycles. The van der Waals surface area contributed by atoms with E-state index in [-0.39, 0.29) is 0 Å². The molecular formula is C14H16N2O. The summed E-state index contributed by atoms with van der Waals surface area (Å²) in [5.41, 5.74) is 3.53. The van der Waals surface area contributed by atoms with Gasteiger partial charge in [0.25, 0.3) is 0 Å². The van der Waals surface area contributed by atoms with Gasteiger partial charge in [-0.2, -0.15) is 0 Å². The highest BCUT2D eigenvalue weighted by molar-refractivity contribution is 5.66. The summed E-state index contributed by atoms with van der Waals surface area (Å²) in [6, 6.07) is 8.10. The third kappa shape index (κ3) is 1.54. The summed E-state index contributed by atoms with van der Waals surface area (Å²) < 4.78 is 7.97. The number of fused-ring (bicyclic) bond motifs is 3. The van der Waals surface area contributed by atoms with Gasteiger partial charge in [0.2, 0.25) is 0 Å². The van der Waals surface area contributed by atoms with Gasteiger partial charge in [-0.3, -0.25) is 4.57 Å². The molecule has 3 nitrogen and oxygen atoms in total. The Bertz CT molecular complexity index is 557. The van der Waals surface area contributed by atoms with Crippen LogP contribution < -0.4 is 4.74 Å². The van der Waals surface area contributed by atoms with Gasteiger partial charge in [-0.1, -0.05) is 25.5 Å². The molecule has 0 amide bonds. The lowest BCUT2D eigenvalue weighted by Crippen LogP contribution is -2.15. The molecule has 0 radical (unpaired) electrons. The number of hydrogen-bond donors (Lipinski definition) is 0. The van der Waals surface area contributed by atoms with Crippen LogP contribution in [0.2, 0.25) is 0 Å². The second-order valence-corrected chi connectivity index (χ2v) is 4.42. The second kappa shape index (κ2) is 3.91. The zero-order valence-electron chi connectivity index (χ0n) is 10.2. The van der Waals surface area contributed by atoms with Gasteiger partial charge in [-0.15, -0.1) is 0 Å². The van der Waals surface area contributed by atoms with Crippen LogP contribution in [-0.2, 0) is 13.2 Å². The normalized spacial score (nSPS) is 12.8.